The van der Waals surface area contributed by atoms with E-state index in [-0.39, 0.29) is 23.3 Å². The van der Waals surface area contributed by atoms with Crippen molar-refractivity contribution in [1.29, 1.82) is 0 Å². The number of methoxy groups -OCH3 is 1. The van der Waals surface area contributed by atoms with Crippen LogP contribution in [0.3, 0.4) is 0 Å². The fourth-order valence-corrected chi connectivity index (χ4v) is 3.25. The van der Waals surface area contributed by atoms with Crippen molar-refractivity contribution in [3.05, 3.63) is 35.9 Å². The van der Waals surface area contributed by atoms with E-state index < -0.39 is 34.1 Å². The maximum atomic E-state index is 13.3. The van der Waals surface area contributed by atoms with Crippen molar-refractivity contribution in [2.75, 3.05) is 13.4 Å². The summed E-state index contributed by atoms with van der Waals surface area (Å²) in [6, 6.07) is 5.72. The lowest BCUT2D eigenvalue weighted by Crippen LogP contribution is -2.07. The maximum Gasteiger partial charge on any atom is 0.338 e. The first-order valence-electron chi connectivity index (χ1n) is 7.11. The van der Waals surface area contributed by atoms with Crippen LogP contribution in [0.25, 0.3) is 5.57 Å². The fourth-order valence-electron chi connectivity index (χ4n) is 2.62. The molecule has 23 heavy (non-hydrogen) atoms. The Morgan fingerprint density at radius 1 is 1.17 bits per heavy atom. The number of ether oxygens (including phenoxy) is 1. The molecule has 0 spiro atoms. The Hall–Kier alpha value is -1.76. The monoisotopic (exact) mass is 344 g/mol. The zero-order valence-corrected chi connectivity index (χ0v) is 13.6. The molecular weight excluding hydrogens is 326 g/mol. The van der Waals surface area contributed by atoms with Crippen LogP contribution in [-0.4, -0.2) is 40.1 Å². The van der Waals surface area contributed by atoms with Crippen LogP contribution in [0.4, 0.5) is 8.78 Å². The Bertz CT molecular complexity index is 700. The molecule has 0 bridgehead atoms. The van der Waals surface area contributed by atoms with Gasteiger partial charge in [-0.3, -0.25) is 0 Å². The van der Waals surface area contributed by atoms with Gasteiger partial charge in [-0.15, -0.1) is 0 Å². The van der Waals surface area contributed by atoms with E-state index in [1.165, 1.54) is 37.5 Å². The van der Waals surface area contributed by atoms with Crippen LogP contribution < -0.4 is 0 Å². The lowest BCUT2D eigenvalue weighted by Gasteiger charge is -2.10. The van der Waals surface area contributed by atoms with Crippen LogP contribution in [0.2, 0.25) is 0 Å². The number of sulfone groups is 1. The van der Waals surface area contributed by atoms with E-state index in [2.05, 4.69) is 0 Å². The highest BCUT2D eigenvalue weighted by Gasteiger charge is 2.34. The highest BCUT2D eigenvalue weighted by molar-refractivity contribution is 7.90. The predicted octanol–water partition coefficient (Wildman–Crippen LogP) is 2.73. The standard InChI is InChI=1S/C16H18F2O4S/c1-22-16(19)13(7-10-8-14(17)15(18)9-10)11-3-5-12(6-4-11)23(2,20)21/h3-7,10,14-15H,8-9H2,1-2H3/b13-7+. The third-order valence-corrected chi connectivity index (χ3v) is 4.98. The number of esters is 1. The summed E-state index contributed by atoms with van der Waals surface area (Å²) in [5, 5.41) is 0. The largest absolute Gasteiger partial charge is 0.465 e. The molecule has 0 amide bonds. The Morgan fingerprint density at radius 3 is 2.13 bits per heavy atom. The molecule has 2 unspecified atom stereocenters. The first-order valence-corrected chi connectivity index (χ1v) is 9.00. The molecule has 4 nitrogen and oxygen atoms in total. The number of hydrogen-bond donors (Lipinski definition) is 0. The summed E-state index contributed by atoms with van der Waals surface area (Å²) >= 11 is 0. The minimum atomic E-state index is -3.34. The summed E-state index contributed by atoms with van der Waals surface area (Å²) in [5.41, 5.74) is 0.626. The summed E-state index contributed by atoms with van der Waals surface area (Å²) < 4.78 is 54.2. The van der Waals surface area contributed by atoms with Gasteiger partial charge in [0.25, 0.3) is 0 Å². The van der Waals surface area contributed by atoms with Crippen molar-refractivity contribution in [3.63, 3.8) is 0 Å². The van der Waals surface area contributed by atoms with Gasteiger partial charge < -0.3 is 4.74 Å². The van der Waals surface area contributed by atoms with Crippen LogP contribution in [0.5, 0.6) is 0 Å². The van der Waals surface area contributed by atoms with E-state index in [9.17, 15) is 22.0 Å². The minimum absolute atomic E-state index is 0.0169. The van der Waals surface area contributed by atoms with Crippen LogP contribution in [0, 0.1) is 5.92 Å². The third-order valence-electron chi connectivity index (χ3n) is 3.85. The zero-order chi connectivity index (χ0) is 17.2. The van der Waals surface area contributed by atoms with Gasteiger partial charge in [0.1, 0.15) is 12.3 Å². The van der Waals surface area contributed by atoms with E-state index in [1.54, 1.807) is 0 Å². The molecule has 1 aromatic rings. The molecular formula is C16H18F2O4S. The molecule has 1 aliphatic carbocycles. The van der Waals surface area contributed by atoms with Crippen molar-refractivity contribution in [2.45, 2.75) is 30.1 Å². The summed E-state index contributed by atoms with van der Waals surface area (Å²) in [4.78, 5) is 12.1. The Labute approximate surface area is 134 Å². The van der Waals surface area contributed by atoms with Gasteiger partial charge in [-0.25, -0.2) is 22.0 Å². The van der Waals surface area contributed by atoms with Crippen LogP contribution in [0.15, 0.2) is 35.2 Å². The van der Waals surface area contributed by atoms with E-state index in [0.717, 1.165) is 6.26 Å². The zero-order valence-electron chi connectivity index (χ0n) is 12.8. The second-order valence-electron chi connectivity index (χ2n) is 5.63. The predicted molar refractivity (Wildman–Crippen MR) is 82.1 cm³/mol. The molecule has 7 heteroatoms. The average molecular weight is 344 g/mol. The number of rotatable bonds is 4. The Morgan fingerprint density at radius 2 is 1.70 bits per heavy atom. The molecule has 0 aromatic heterocycles. The van der Waals surface area contributed by atoms with E-state index in [1.807, 2.05) is 0 Å². The number of halogens is 2. The molecule has 1 aromatic carbocycles. The van der Waals surface area contributed by atoms with Gasteiger partial charge in [-0.2, -0.15) is 0 Å². The van der Waals surface area contributed by atoms with Gasteiger partial charge in [-0.05, 0) is 36.5 Å². The fraction of sp³-hybridized carbons (Fsp3) is 0.438. The molecule has 1 aliphatic rings. The molecule has 2 atom stereocenters. The first kappa shape index (κ1) is 17.6. The van der Waals surface area contributed by atoms with Gasteiger partial charge in [0.15, 0.2) is 9.84 Å². The van der Waals surface area contributed by atoms with Crippen molar-refractivity contribution in [2.24, 2.45) is 5.92 Å². The number of carbonyl (C=O) groups excluding carboxylic acids is 1. The Kier molecular flexibility index (Phi) is 5.19. The molecule has 0 heterocycles. The normalized spacial score (nSPS) is 25.4. The van der Waals surface area contributed by atoms with Gasteiger partial charge in [-0.1, -0.05) is 18.2 Å². The van der Waals surface area contributed by atoms with Crippen LogP contribution >= 0.6 is 0 Å². The second-order valence-corrected chi connectivity index (χ2v) is 7.65. The third kappa shape index (κ3) is 4.16. The lowest BCUT2D eigenvalue weighted by molar-refractivity contribution is -0.133. The molecule has 126 valence electrons. The van der Waals surface area contributed by atoms with Crippen LogP contribution in [-0.2, 0) is 19.4 Å². The lowest BCUT2D eigenvalue weighted by atomic mass is 9.98. The minimum Gasteiger partial charge on any atom is -0.465 e. The highest BCUT2D eigenvalue weighted by Crippen LogP contribution is 2.34. The quantitative estimate of drug-likeness (QED) is 0.622. The van der Waals surface area contributed by atoms with Gasteiger partial charge in [0, 0.05) is 6.26 Å². The summed E-state index contributed by atoms with van der Waals surface area (Å²) in [6.45, 7) is 0. The maximum absolute atomic E-state index is 13.3. The number of hydrogen-bond acceptors (Lipinski definition) is 4. The second kappa shape index (κ2) is 6.78. The van der Waals surface area contributed by atoms with Crippen molar-refractivity contribution in [1.82, 2.24) is 0 Å². The SMILES string of the molecule is COC(=O)/C(=C/C1CC(F)C(F)C1)c1ccc(S(C)(=O)=O)cc1. The summed E-state index contributed by atoms with van der Waals surface area (Å²) in [7, 11) is -2.13. The highest BCUT2D eigenvalue weighted by atomic mass is 32.2. The topological polar surface area (TPSA) is 60.4 Å². The van der Waals surface area contributed by atoms with Crippen molar-refractivity contribution < 1.29 is 26.7 Å². The van der Waals surface area contributed by atoms with Gasteiger partial charge in [0.05, 0.1) is 17.6 Å². The molecule has 0 saturated heterocycles. The number of carbonyl (C=O) groups is 1. The molecule has 0 aliphatic heterocycles. The first-order chi connectivity index (χ1) is 10.7. The smallest absolute Gasteiger partial charge is 0.338 e. The molecule has 2 rings (SSSR count). The van der Waals surface area contributed by atoms with Gasteiger partial charge in [0.2, 0.25) is 0 Å². The number of benzene rings is 1. The van der Waals surface area contributed by atoms with E-state index in [4.69, 9.17) is 4.74 Å². The summed E-state index contributed by atoms with van der Waals surface area (Å²) in [5.74, 6) is -1.03. The number of allylic oxidation sites excluding steroid dienone is 1. The van der Waals surface area contributed by atoms with Crippen molar-refractivity contribution >= 4 is 21.4 Å². The summed E-state index contributed by atoms with van der Waals surface area (Å²) in [6.07, 6.45) is -0.425. The van der Waals surface area contributed by atoms with Gasteiger partial charge >= 0.3 is 5.97 Å². The molecule has 1 saturated carbocycles. The number of alkyl halides is 2. The van der Waals surface area contributed by atoms with Crippen molar-refractivity contribution in [3.8, 4) is 0 Å². The molecule has 0 N–H and O–H groups in total. The molecule has 1 fully saturated rings. The van der Waals surface area contributed by atoms with E-state index >= 15 is 0 Å². The Balaban J connectivity index is 2.34. The molecule has 0 radical (unpaired) electrons. The van der Waals surface area contributed by atoms with E-state index in [0.29, 0.717) is 5.56 Å². The average Bonchev–Trinajstić information content (AvgIpc) is 2.81. The van der Waals surface area contributed by atoms with Crippen LogP contribution in [0.1, 0.15) is 18.4 Å².